The Morgan fingerprint density at radius 1 is 1.05 bits per heavy atom. The number of carbonyl (C=O) groups is 1. The molecule has 38 heavy (non-hydrogen) atoms. The third kappa shape index (κ3) is 5.24. The SMILES string of the molecule is Cc1cc(F)cc(-c2cnc3ccc(-c4cncc(C(F)(F)F)c4)cc3c2C(=O)N(C)C[C@@H]2CCCN2)c1. The van der Waals surface area contributed by atoms with Crippen molar-refractivity contribution in [3.05, 3.63) is 83.6 Å². The summed E-state index contributed by atoms with van der Waals surface area (Å²) < 4.78 is 54.4. The van der Waals surface area contributed by atoms with Crippen LogP contribution in [0, 0.1) is 12.7 Å². The number of aryl methyl sites for hydroxylation is 1. The molecule has 1 N–H and O–H groups in total. The van der Waals surface area contributed by atoms with E-state index in [2.05, 4.69) is 15.3 Å². The van der Waals surface area contributed by atoms with Crippen molar-refractivity contribution in [1.82, 2.24) is 20.2 Å². The molecule has 1 aliphatic rings. The van der Waals surface area contributed by atoms with Crippen LogP contribution in [0.5, 0.6) is 0 Å². The van der Waals surface area contributed by atoms with Gasteiger partial charge in [0.25, 0.3) is 5.91 Å². The Labute approximate surface area is 217 Å². The molecule has 9 heteroatoms. The first-order chi connectivity index (χ1) is 18.1. The van der Waals surface area contributed by atoms with Crippen LogP contribution in [0.1, 0.15) is 34.3 Å². The lowest BCUT2D eigenvalue weighted by Crippen LogP contribution is -2.38. The number of rotatable bonds is 5. The third-order valence-corrected chi connectivity index (χ3v) is 6.84. The number of hydrogen-bond donors (Lipinski definition) is 1. The Hall–Kier alpha value is -3.85. The van der Waals surface area contributed by atoms with Gasteiger partial charge in [0.05, 0.1) is 16.6 Å². The highest BCUT2D eigenvalue weighted by Gasteiger charge is 2.31. The third-order valence-electron chi connectivity index (χ3n) is 6.84. The topological polar surface area (TPSA) is 58.1 Å². The fraction of sp³-hybridized carbons (Fsp3) is 0.276. The molecule has 4 aromatic rings. The maximum absolute atomic E-state index is 14.4. The van der Waals surface area contributed by atoms with Gasteiger partial charge in [-0.25, -0.2) is 4.39 Å². The first-order valence-electron chi connectivity index (χ1n) is 12.3. The fourth-order valence-corrected chi connectivity index (χ4v) is 4.98. The maximum Gasteiger partial charge on any atom is 0.417 e. The van der Waals surface area contributed by atoms with Gasteiger partial charge in [0, 0.05) is 54.7 Å². The highest BCUT2D eigenvalue weighted by molar-refractivity contribution is 6.12. The molecule has 3 heterocycles. The molecular formula is C29H26F4N4O. The monoisotopic (exact) mass is 522 g/mol. The number of pyridine rings is 2. The minimum Gasteiger partial charge on any atom is -0.340 e. The summed E-state index contributed by atoms with van der Waals surface area (Å²) in [6.07, 6.45) is 1.13. The molecule has 5 nitrogen and oxygen atoms in total. The van der Waals surface area contributed by atoms with E-state index in [0.717, 1.165) is 31.6 Å². The lowest BCUT2D eigenvalue weighted by Gasteiger charge is -2.24. The normalized spacial score (nSPS) is 15.7. The molecule has 0 radical (unpaired) electrons. The number of halogens is 4. The van der Waals surface area contributed by atoms with Gasteiger partial charge in [0.15, 0.2) is 0 Å². The molecule has 2 aromatic carbocycles. The van der Waals surface area contributed by atoms with E-state index in [1.165, 1.54) is 18.3 Å². The summed E-state index contributed by atoms with van der Waals surface area (Å²) in [5, 5.41) is 3.85. The first-order valence-corrected chi connectivity index (χ1v) is 12.3. The van der Waals surface area contributed by atoms with Crippen molar-refractivity contribution < 1.29 is 22.4 Å². The van der Waals surface area contributed by atoms with E-state index < -0.39 is 17.6 Å². The molecule has 1 amide bonds. The minimum atomic E-state index is -4.54. The number of amides is 1. The Morgan fingerprint density at radius 3 is 2.58 bits per heavy atom. The quantitative estimate of drug-likeness (QED) is 0.315. The van der Waals surface area contributed by atoms with Crippen LogP contribution in [0.4, 0.5) is 17.6 Å². The van der Waals surface area contributed by atoms with Crippen molar-refractivity contribution >= 4 is 16.8 Å². The zero-order valence-electron chi connectivity index (χ0n) is 20.9. The molecular weight excluding hydrogens is 496 g/mol. The van der Waals surface area contributed by atoms with Gasteiger partial charge in [-0.1, -0.05) is 12.1 Å². The molecule has 5 rings (SSSR count). The predicted octanol–water partition coefficient (Wildman–Crippen LogP) is 6.25. The molecule has 1 saturated heterocycles. The van der Waals surface area contributed by atoms with E-state index in [1.54, 1.807) is 49.3 Å². The number of hydrogen-bond acceptors (Lipinski definition) is 4. The first kappa shape index (κ1) is 25.8. The summed E-state index contributed by atoms with van der Waals surface area (Å²) in [5.74, 6) is -0.715. The van der Waals surface area contributed by atoms with Crippen LogP contribution in [0.3, 0.4) is 0 Å². The summed E-state index contributed by atoms with van der Waals surface area (Å²) in [6.45, 7) is 3.15. The molecule has 1 fully saturated rings. The average molecular weight is 523 g/mol. The largest absolute Gasteiger partial charge is 0.417 e. The van der Waals surface area contributed by atoms with E-state index in [1.807, 2.05) is 0 Å². The number of fused-ring (bicyclic) bond motifs is 1. The van der Waals surface area contributed by atoms with Crippen molar-refractivity contribution in [2.45, 2.75) is 32.0 Å². The van der Waals surface area contributed by atoms with Crippen molar-refractivity contribution in [3.8, 4) is 22.3 Å². The Kier molecular flexibility index (Phi) is 6.88. The Balaban J connectivity index is 1.69. The molecule has 0 bridgehead atoms. The van der Waals surface area contributed by atoms with E-state index in [9.17, 15) is 22.4 Å². The Morgan fingerprint density at radius 2 is 1.87 bits per heavy atom. The van der Waals surface area contributed by atoms with Gasteiger partial charge in [-0.15, -0.1) is 0 Å². The molecule has 0 unspecified atom stereocenters. The van der Waals surface area contributed by atoms with Gasteiger partial charge in [0.1, 0.15) is 5.82 Å². The summed E-state index contributed by atoms with van der Waals surface area (Å²) >= 11 is 0. The van der Waals surface area contributed by atoms with Crippen LogP contribution in [-0.2, 0) is 6.18 Å². The second-order valence-electron chi connectivity index (χ2n) is 9.74. The number of likely N-dealkylation sites (N-methyl/N-ethyl adjacent to an activating group) is 1. The lowest BCUT2D eigenvalue weighted by molar-refractivity contribution is -0.137. The second kappa shape index (κ2) is 10.1. The molecule has 1 aliphatic heterocycles. The van der Waals surface area contributed by atoms with E-state index in [-0.39, 0.29) is 17.5 Å². The zero-order chi connectivity index (χ0) is 27.0. The molecule has 196 valence electrons. The predicted molar refractivity (Wildman–Crippen MR) is 138 cm³/mol. The number of nitrogens with one attached hydrogen (secondary N) is 1. The van der Waals surface area contributed by atoms with Crippen molar-refractivity contribution in [3.63, 3.8) is 0 Å². The van der Waals surface area contributed by atoms with Crippen LogP contribution in [0.15, 0.2) is 61.1 Å². The summed E-state index contributed by atoms with van der Waals surface area (Å²) in [4.78, 5) is 23.9. The van der Waals surface area contributed by atoms with Crippen LogP contribution in [-0.4, -0.2) is 47.0 Å². The number of carbonyl (C=O) groups excluding carboxylic acids is 1. The van der Waals surface area contributed by atoms with Gasteiger partial charge >= 0.3 is 6.18 Å². The number of nitrogens with zero attached hydrogens (tertiary/aromatic N) is 3. The van der Waals surface area contributed by atoms with Gasteiger partial charge < -0.3 is 10.2 Å². The maximum atomic E-state index is 14.4. The van der Waals surface area contributed by atoms with Crippen LogP contribution >= 0.6 is 0 Å². The van der Waals surface area contributed by atoms with Gasteiger partial charge in [-0.2, -0.15) is 13.2 Å². The fourth-order valence-electron chi connectivity index (χ4n) is 4.98. The van der Waals surface area contributed by atoms with Crippen molar-refractivity contribution in [2.75, 3.05) is 20.1 Å². The van der Waals surface area contributed by atoms with E-state index in [0.29, 0.717) is 45.3 Å². The van der Waals surface area contributed by atoms with Crippen LogP contribution < -0.4 is 5.32 Å². The molecule has 1 atom stereocenters. The summed E-state index contributed by atoms with van der Waals surface area (Å²) in [6, 6.07) is 10.7. The summed E-state index contributed by atoms with van der Waals surface area (Å²) in [5.41, 5.74) is 2.32. The molecule has 2 aromatic heterocycles. The van der Waals surface area contributed by atoms with Gasteiger partial charge in [0.2, 0.25) is 0 Å². The average Bonchev–Trinajstić information content (AvgIpc) is 3.39. The standard InChI is InChI=1S/C29H26F4N4O/c1-17-8-19(11-22(30)9-17)25-15-36-26-6-5-18(20-10-21(14-34-13-20)29(31,32)33)12-24(26)27(25)28(38)37(2)16-23-4-3-7-35-23/h5-6,8-15,23,35H,3-4,7,16H2,1-2H3/t23-/m0/s1. The highest BCUT2D eigenvalue weighted by Crippen LogP contribution is 2.35. The number of benzene rings is 2. The van der Waals surface area contributed by atoms with Crippen molar-refractivity contribution in [1.29, 1.82) is 0 Å². The van der Waals surface area contributed by atoms with Crippen LogP contribution in [0.2, 0.25) is 0 Å². The Bertz CT molecular complexity index is 1490. The zero-order valence-corrected chi connectivity index (χ0v) is 20.9. The van der Waals surface area contributed by atoms with Crippen molar-refractivity contribution in [2.24, 2.45) is 0 Å². The lowest BCUT2D eigenvalue weighted by atomic mass is 9.93. The molecule has 0 saturated carbocycles. The highest BCUT2D eigenvalue weighted by atomic mass is 19.4. The molecule has 0 spiro atoms. The van der Waals surface area contributed by atoms with Gasteiger partial charge in [-0.3, -0.25) is 14.8 Å². The molecule has 0 aliphatic carbocycles. The second-order valence-corrected chi connectivity index (χ2v) is 9.74. The summed E-state index contributed by atoms with van der Waals surface area (Å²) in [7, 11) is 1.72. The van der Waals surface area contributed by atoms with E-state index >= 15 is 0 Å². The number of alkyl halides is 3. The smallest absolute Gasteiger partial charge is 0.340 e. The van der Waals surface area contributed by atoms with Crippen LogP contribution in [0.25, 0.3) is 33.2 Å². The minimum absolute atomic E-state index is 0.170. The van der Waals surface area contributed by atoms with Gasteiger partial charge in [-0.05, 0) is 73.3 Å². The van der Waals surface area contributed by atoms with E-state index in [4.69, 9.17) is 0 Å². The number of aromatic nitrogens is 2.